The molecule has 34 heavy (non-hydrogen) atoms. The molecule has 0 spiro atoms. The van der Waals surface area contributed by atoms with Crippen molar-refractivity contribution in [3.63, 3.8) is 0 Å². The van der Waals surface area contributed by atoms with E-state index in [2.05, 4.69) is 19.2 Å². The van der Waals surface area contributed by atoms with E-state index in [1.54, 1.807) is 41.8 Å². The van der Waals surface area contributed by atoms with Gasteiger partial charge in [0, 0.05) is 15.5 Å². The number of aliphatic hydroxyl groups is 1. The molecule has 3 aliphatic rings. The molecular formula is C26H27NO5S2. The summed E-state index contributed by atoms with van der Waals surface area (Å²) in [5.41, 5.74) is 1.73. The molecule has 1 amide bonds. The van der Waals surface area contributed by atoms with Gasteiger partial charge >= 0.3 is 10.1 Å². The Labute approximate surface area is 203 Å². The number of hydrogen-bond donors (Lipinski definition) is 2. The molecule has 3 fully saturated rings. The largest absolute Gasteiger partial charge is 0.392 e. The molecule has 3 aromatic rings. The lowest BCUT2D eigenvalue weighted by Gasteiger charge is -2.60. The Balaban J connectivity index is 1.42. The van der Waals surface area contributed by atoms with Crippen molar-refractivity contribution in [2.75, 3.05) is 6.61 Å². The van der Waals surface area contributed by atoms with Gasteiger partial charge in [0.05, 0.1) is 18.2 Å². The second-order valence-corrected chi connectivity index (χ2v) is 12.1. The van der Waals surface area contributed by atoms with Crippen molar-refractivity contribution in [1.29, 1.82) is 0 Å². The number of aliphatic hydroxyl groups excluding tert-OH is 1. The third kappa shape index (κ3) is 3.93. The molecular weight excluding hydrogens is 470 g/mol. The number of hydrogen-bond acceptors (Lipinski definition) is 6. The van der Waals surface area contributed by atoms with Crippen molar-refractivity contribution in [2.24, 2.45) is 17.3 Å². The molecule has 0 aliphatic heterocycles. The first kappa shape index (κ1) is 23.1. The van der Waals surface area contributed by atoms with Gasteiger partial charge in [-0.25, -0.2) is 0 Å². The van der Waals surface area contributed by atoms with Crippen LogP contribution in [0.1, 0.15) is 37.0 Å². The number of carbonyl (C=O) groups is 1. The zero-order chi connectivity index (χ0) is 24.1. The Hall–Kier alpha value is -2.68. The maximum atomic E-state index is 13.4. The van der Waals surface area contributed by atoms with Crippen molar-refractivity contribution >= 4 is 37.4 Å². The zero-order valence-electron chi connectivity index (χ0n) is 19.0. The van der Waals surface area contributed by atoms with Crippen LogP contribution in [-0.2, 0) is 10.1 Å². The number of rotatable bonds is 6. The summed E-state index contributed by atoms with van der Waals surface area (Å²) in [6.45, 7) is 4.45. The molecule has 3 aliphatic carbocycles. The van der Waals surface area contributed by atoms with Gasteiger partial charge in [-0.2, -0.15) is 8.42 Å². The minimum atomic E-state index is -3.98. The lowest BCUT2D eigenvalue weighted by molar-refractivity contribution is -0.0607. The van der Waals surface area contributed by atoms with Gasteiger partial charge in [-0.1, -0.05) is 38.1 Å². The van der Waals surface area contributed by atoms with Crippen molar-refractivity contribution in [3.8, 4) is 5.75 Å². The highest BCUT2D eigenvalue weighted by atomic mass is 32.2. The molecule has 0 unspecified atom stereocenters. The van der Waals surface area contributed by atoms with E-state index in [-0.39, 0.29) is 34.6 Å². The van der Waals surface area contributed by atoms with Gasteiger partial charge in [0.25, 0.3) is 5.91 Å². The van der Waals surface area contributed by atoms with E-state index in [1.165, 1.54) is 23.5 Å². The second kappa shape index (κ2) is 8.52. The van der Waals surface area contributed by atoms with Crippen LogP contribution in [0.5, 0.6) is 5.75 Å². The quantitative estimate of drug-likeness (QED) is 0.379. The number of amides is 1. The summed E-state index contributed by atoms with van der Waals surface area (Å²) >= 11 is 1.43. The zero-order valence-corrected chi connectivity index (χ0v) is 20.7. The van der Waals surface area contributed by atoms with E-state index >= 15 is 0 Å². The van der Waals surface area contributed by atoms with E-state index in [1.807, 2.05) is 6.08 Å². The average Bonchev–Trinajstić information content (AvgIpc) is 3.23. The fraction of sp³-hybridized carbons (Fsp3) is 0.346. The summed E-state index contributed by atoms with van der Waals surface area (Å²) in [6.07, 6.45) is 3.78. The molecule has 6 rings (SSSR count). The number of thiophene rings is 1. The Morgan fingerprint density at radius 3 is 2.71 bits per heavy atom. The average molecular weight is 498 g/mol. The molecule has 1 heterocycles. The number of nitrogens with one attached hydrogen (secondary N) is 1. The van der Waals surface area contributed by atoms with Gasteiger partial charge in [-0.05, 0) is 66.0 Å². The first-order valence-electron chi connectivity index (χ1n) is 11.3. The highest BCUT2D eigenvalue weighted by Crippen LogP contribution is 2.60. The normalized spacial score (nSPS) is 24.6. The van der Waals surface area contributed by atoms with Crippen LogP contribution >= 0.6 is 11.3 Å². The van der Waals surface area contributed by atoms with Gasteiger partial charge in [-0.15, -0.1) is 11.3 Å². The van der Waals surface area contributed by atoms with Crippen LogP contribution in [0.15, 0.2) is 70.5 Å². The number of benzene rings is 2. The number of carbonyl (C=O) groups excluding carboxylic acids is 1. The third-order valence-corrected chi connectivity index (χ3v) is 9.72. The second-order valence-electron chi connectivity index (χ2n) is 9.64. The highest BCUT2D eigenvalue weighted by molar-refractivity contribution is 7.87. The minimum Gasteiger partial charge on any atom is -0.392 e. The molecule has 3 saturated carbocycles. The van der Waals surface area contributed by atoms with Crippen LogP contribution in [0.25, 0.3) is 10.1 Å². The molecule has 2 aromatic carbocycles. The first-order valence-corrected chi connectivity index (χ1v) is 13.6. The molecule has 3 atom stereocenters. The Kier molecular flexibility index (Phi) is 5.78. The summed E-state index contributed by atoms with van der Waals surface area (Å²) in [6, 6.07) is 12.8. The summed E-state index contributed by atoms with van der Waals surface area (Å²) < 4.78 is 31.5. The topological polar surface area (TPSA) is 92.7 Å². The first-order chi connectivity index (χ1) is 16.2. The minimum absolute atomic E-state index is 0.0421. The van der Waals surface area contributed by atoms with Gasteiger partial charge < -0.3 is 14.6 Å². The Morgan fingerprint density at radius 1 is 1.24 bits per heavy atom. The molecule has 0 saturated heterocycles. The van der Waals surface area contributed by atoms with Crippen LogP contribution < -0.4 is 9.50 Å². The molecule has 1 aromatic heterocycles. The van der Waals surface area contributed by atoms with Crippen molar-refractivity contribution < 1.29 is 22.5 Å². The summed E-state index contributed by atoms with van der Waals surface area (Å²) in [4.78, 5) is 13.4. The lowest BCUT2D eigenvalue weighted by atomic mass is 9.46. The molecule has 0 radical (unpaired) electrons. The van der Waals surface area contributed by atoms with Crippen molar-refractivity contribution in [3.05, 3.63) is 71.1 Å². The van der Waals surface area contributed by atoms with Crippen LogP contribution in [-0.4, -0.2) is 32.1 Å². The predicted molar refractivity (Wildman–Crippen MR) is 132 cm³/mol. The van der Waals surface area contributed by atoms with E-state index in [0.717, 1.165) is 23.1 Å². The summed E-state index contributed by atoms with van der Waals surface area (Å²) in [7, 11) is -3.98. The lowest BCUT2D eigenvalue weighted by Crippen LogP contribution is -2.60. The van der Waals surface area contributed by atoms with Crippen LogP contribution in [0.3, 0.4) is 0 Å². The standard InChI is InChI=1S/C26H27NO5S2/c1-26(2)17-12-16(10-11-28)24(22(26)13-17)27-25(29)21-15-33-23-9-8-18(14-20(21)23)32-34(30,31)19-6-4-3-5-7-19/h3-10,14-15,17,22,24,28H,11-13H2,1-2H3,(H,27,29)/b16-10-/t17-,22-,24+/m0/s1. The smallest absolute Gasteiger partial charge is 0.339 e. The van der Waals surface area contributed by atoms with E-state index < -0.39 is 10.1 Å². The van der Waals surface area contributed by atoms with Gasteiger partial charge in [-0.3, -0.25) is 4.79 Å². The molecule has 8 heteroatoms. The number of fused-ring (bicyclic) bond motifs is 3. The molecule has 2 N–H and O–H groups in total. The van der Waals surface area contributed by atoms with Gasteiger partial charge in [0.15, 0.2) is 0 Å². The monoisotopic (exact) mass is 497 g/mol. The van der Waals surface area contributed by atoms with Crippen molar-refractivity contribution in [1.82, 2.24) is 5.32 Å². The van der Waals surface area contributed by atoms with Crippen LogP contribution in [0.2, 0.25) is 0 Å². The van der Waals surface area contributed by atoms with Gasteiger partial charge in [0.2, 0.25) is 0 Å². The third-order valence-electron chi connectivity index (χ3n) is 7.50. The van der Waals surface area contributed by atoms with Crippen LogP contribution in [0, 0.1) is 17.3 Å². The van der Waals surface area contributed by atoms with Crippen molar-refractivity contribution in [2.45, 2.75) is 37.6 Å². The maximum absolute atomic E-state index is 13.4. The SMILES string of the molecule is CC1(C)[C@H]2C/C(=C/CO)[C@@H](NC(=O)c3csc4ccc(OS(=O)(=O)c5ccccc5)cc34)[C@@H]1C2. The molecule has 6 nitrogen and oxygen atoms in total. The fourth-order valence-electron chi connectivity index (χ4n) is 5.38. The fourth-order valence-corrected chi connectivity index (χ4v) is 7.24. The predicted octanol–water partition coefficient (Wildman–Crippen LogP) is 4.75. The molecule has 2 bridgehead atoms. The van der Waals surface area contributed by atoms with Gasteiger partial charge in [0.1, 0.15) is 10.6 Å². The van der Waals surface area contributed by atoms with Crippen LogP contribution in [0.4, 0.5) is 0 Å². The van der Waals surface area contributed by atoms with E-state index in [0.29, 0.717) is 22.8 Å². The summed E-state index contributed by atoms with van der Waals surface area (Å²) in [5, 5.41) is 15.1. The van der Waals surface area contributed by atoms with E-state index in [9.17, 15) is 18.3 Å². The van der Waals surface area contributed by atoms with E-state index in [4.69, 9.17) is 4.18 Å². The summed E-state index contributed by atoms with van der Waals surface area (Å²) in [5.74, 6) is 0.860. The highest BCUT2D eigenvalue weighted by Gasteiger charge is 2.56. The Morgan fingerprint density at radius 2 is 2.00 bits per heavy atom. The molecule has 178 valence electrons. The maximum Gasteiger partial charge on any atom is 0.339 e. The Bertz CT molecular complexity index is 1370.